The molecule has 0 saturated heterocycles. The Kier molecular flexibility index (Phi) is 3.30. The molecule has 0 bridgehead atoms. The van der Waals surface area contributed by atoms with Crippen LogP contribution in [0.1, 0.15) is 11.6 Å². The maximum absolute atomic E-state index is 13.0. The molecule has 6 heteroatoms. The molecule has 78 valence electrons. The molecule has 5 N–H and O–H groups in total. The van der Waals surface area contributed by atoms with Crippen molar-refractivity contribution in [3.63, 3.8) is 0 Å². The lowest BCUT2D eigenvalue weighted by Gasteiger charge is -2.13. The highest BCUT2D eigenvalue weighted by Gasteiger charge is 2.18. The molecule has 1 aromatic rings. The van der Waals surface area contributed by atoms with E-state index < -0.39 is 24.2 Å². The molecule has 0 radical (unpaired) electrons. The molecule has 0 heterocycles. The van der Waals surface area contributed by atoms with Gasteiger partial charge < -0.3 is 21.1 Å². The van der Waals surface area contributed by atoms with Gasteiger partial charge in [-0.05, 0) is 22.0 Å². The molecule has 0 fully saturated rings. The second-order valence-corrected chi connectivity index (χ2v) is 3.54. The van der Waals surface area contributed by atoms with Gasteiger partial charge in [0.1, 0.15) is 10.2 Å². The summed E-state index contributed by atoms with van der Waals surface area (Å²) < 4.78 is 12.8. The number of rotatable bonds is 2. The van der Waals surface area contributed by atoms with Crippen molar-refractivity contribution in [1.82, 2.24) is 0 Å². The lowest BCUT2D eigenvalue weighted by molar-refractivity contribution is 0.264. The van der Waals surface area contributed by atoms with E-state index in [-0.39, 0.29) is 15.8 Å². The fourth-order valence-corrected chi connectivity index (χ4v) is 1.42. The molecule has 0 aromatic heterocycles. The van der Waals surface area contributed by atoms with Crippen molar-refractivity contribution in [3.8, 4) is 11.5 Å². The average Bonchev–Trinajstić information content (AvgIpc) is 2.19. The van der Waals surface area contributed by atoms with E-state index in [1.807, 2.05) is 0 Å². The lowest BCUT2D eigenvalue weighted by atomic mass is 10.1. The van der Waals surface area contributed by atoms with E-state index >= 15 is 0 Å². The van der Waals surface area contributed by atoms with Crippen LogP contribution >= 0.6 is 15.9 Å². The fourth-order valence-electron chi connectivity index (χ4n) is 0.998. The van der Waals surface area contributed by atoms with Crippen molar-refractivity contribution in [2.24, 2.45) is 5.73 Å². The third-order valence-corrected chi connectivity index (χ3v) is 2.55. The first-order chi connectivity index (χ1) is 6.49. The highest BCUT2D eigenvalue weighted by Crippen LogP contribution is 2.39. The topological polar surface area (TPSA) is 86.7 Å². The molecule has 0 saturated carbocycles. The van der Waals surface area contributed by atoms with Crippen molar-refractivity contribution < 1.29 is 19.7 Å². The molecule has 14 heavy (non-hydrogen) atoms. The number of aliphatic hydroxyl groups excluding tert-OH is 1. The SMILES string of the molecule is NC(CO)c1cc(F)c(O)c(Br)c1O. The first-order valence-electron chi connectivity index (χ1n) is 3.75. The zero-order chi connectivity index (χ0) is 10.9. The minimum absolute atomic E-state index is 0.0367. The molecule has 4 nitrogen and oxygen atoms in total. The smallest absolute Gasteiger partial charge is 0.169 e. The van der Waals surface area contributed by atoms with Gasteiger partial charge in [0.2, 0.25) is 0 Å². The van der Waals surface area contributed by atoms with Crippen LogP contribution in [0, 0.1) is 5.82 Å². The number of aromatic hydroxyl groups is 2. The van der Waals surface area contributed by atoms with Crippen LogP contribution in [-0.4, -0.2) is 21.9 Å². The van der Waals surface area contributed by atoms with Crippen LogP contribution in [0.2, 0.25) is 0 Å². The maximum Gasteiger partial charge on any atom is 0.169 e. The summed E-state index contributed by atoms with van der Waals surface area (Å²) in [5, 5.41) is 27.2. The standard InChI is InChI=1S/C8H9BrFNO3/c9-6-7(13)3(5(11)2-12)1-4(10)8(6)14/h1,5,12-14H,2,11H2. The number of phenolic OH excluding ortho intramolecular Hbond substituents is 2. The summed E-state index contributed by atoms with van der Waals surface area (Å²) >= 11 is 2.80. The summed E-state index contributed by atoms with van der Waals surface area (Å²) in [6.07, 6.45) is 0. The van der Waals surface area contributed by atoms with E-state index in [0.29, 0.717) is 0 Å². The van der Waals surface area contributed by atoms with Gasteiger partial charge in [0.15, 0.2) is 11.6 Å². The summed E-state index contributed by atoms with van der Waals surface area (Å²) in [7, 11) is 0. The molecule has 0 amide bonds. The molecule has 1 unspecified atom stereocenters. The Hall–Kier alpha value is -0.850. The van der Waals surface area contributed by atoms with Crippen molar-refractivity contribution in [3.05, 3.63) is 21.9 Å². The van der Waals surface area contributed by atoms with Gasteiger partial charge in [-0.15, -0.1) is 0 Å². The summed E-state index contributed by atoms with van der Waals surface area (Å²) in [4.78, 5) is 0. The third-order valence-electron chi connectivity index (χ3n) is 1.79. The Morgan fingerprint density at radius 2 is 2.00 bits per heavy atom. The molecule has 1 rings (SSSR count). The van der Waals surface area contributed by atoms with Crippen LogP contribution in [0.25, 0.3) is 0 Å². The minimum atomic E-state index is -0.909. The molecule has 1 atom stereocenters. The summed E-state index contributed by atoms with van der Waals surface area (Å²) in [5.74, 6) is -1.96. The first kappa shape index (κ1) is 11.2. The van der Waals surface area contributed by atoms with Crippen molar-refractivity contribution in [2.45, 2.75) is 6.04 Å². The summed E-state index contributed by atoms with van der Waals surface area (Å²) in [5.41, 5.74) is 5.44. The van der Waals surface area contributed by atoms with Gasteiger partial charge in [-0.3, -0.25) is 0 Å². The van der Waals surface area contributed by atoms with E-state index in [4.69, 9.17) is 15.9 Å². The second kappa shape index (κ2) is 4.12. The number of phenols is 2. The third kappa shape index (κ3) is 1.82. The van der Waals surface area contributed by atoms with Crippen molar-refractivity contribution in [1.29, 1.82) is 0 Å². The monoisotopic (exact) mass is 265 g/mol. The van der Waals surface area contributed by atoms with E-state index in [0.717, 1.165) is 6.07 Å². The lowest BCUT2D eigenvalue weighted by Crippen LogP contribution is -2.15. The van der Waals surface area contributed by atoms with Crippen LogP contribution < -0.4 is 5.73 Å². The van der Waals surface area contributed by atoms with Gasteiger partial charge in [-0.25, -0.2) is 4.39 Å². The molecule has 0 spiro atoms. The minimum Gasteiger partial charge on any atom is -0.506 e. The van der Waals surface area contributed by atoms with E-state index in [2.05, 4.69) is 15.9 Å². The Morgan fingerprint density at radius 3 is 2.50 bits per heavy atom. The first-order valence-corrected chi connectivity index (χ1v) is 4.54. The van der Waals surface area contributed by atoms with Gasteiger partial charge >= 0.3 is 0 Å². The molecule has 1 aromatic carbocycles. The van der Waals surface area contributed by atoms with Crippen LogP contribution in [0.15, 0.2) is 10.5 Å². The Bertz CT molecular complexity index is 359. The molecular formula is C8H9BrFNO3. The number of nitrogens with two attached hydrogens (primary N) is 1. The maximum atomic E-state index is 13.0. The van der Waals surface area contributed by atoms with E-state index in [1.165, 1.54) is 0 Å². The number of aliphatic hydroxyl groups is 1. The summed E-state index contributed by atoms with van der Waals surface area (Å²) in [6.45, 7) is -0.426. The average molecular weight is 266 g/mol. The highest BCUT2D eigenvalue weighted by atomic mass is 79.9. The largest absolute Gasteiger partial charge is 0.506 e. The van der Waals surface area contributed by atoms with Crippen LogP contribution in [0.4, 0.5) is 4.39 Å². The predicted molar refractivity (Wildman–Crippen MR) is 51.4 cm³/mol. The number of hydrogen-bond acceptors (Lipinski definition) is 4. The number of halogens is 2. The zero-order valence-corrected chi connectivity index (χ0v) is 8.62. The zero-order valence-electron chi connectivity index (χ0n) is 7.04. The van der Waals surface area contributed by atoms with Crippen LogP contribution in [0.5, 0.6) is 11.5 Å². The van der Waals surface area contributed by atoms with Gasteiger partial charge in [0.25, 0.3) is 0 Å². The molecule has 0 aliphatic carbocycles. The molecule has 0 aliphatic rings. The number of benzene rings is 1. The quantitative estimate of drug-likeness (QED) is 0.643. The van der Waals surface area contributed by atoms with Gasteiger partial charge in [-0.2, -0.15) is 0 Å². The fraction of sp³-hybridized carbons (Fsp3) is 0.250. The molecule has 0 aliphatic heterocycles. The second-order valence-electron chi connectivity index (χ2n) is 2.75. The van der Waals surface area contributed by atoms with Gasteiger partial charge in [0.05, 0.1) is 12.6 Å². The van der Waals surface area contributed by atoms with Gasteiger partial charge in [-0.1, -0.05) is 0 Å². The normalized spacial score (nSPS) is 12.9. The van der Waals surface area contributed by atoms with Crippen molar-refractivity contribution in [2.75, 3.05) is 6.61 Å². The van der Waals surface area contributed by atoms with Crippen molar-refractivity contribution >= 4 is 15.9 Å². The Labute approximate surface area is 87.9 Å². The Balaban J connectivity index is 3.33. The number of hydrogen-bond donors (Lipinski definition) is 4. The van der Waals surface area contributed by atoms with Crippen LogP contribution in [-0.2, 0) is 0 Å². The Morgan fingerprint density at radius 1 is 1.43 bits per heavy atom. The van der Waals surface area contributed by atoms with E-state index in [9.17, 15) is 9.50 Å². The predicted octanol–water partition coefficient (Wildman–Crippen LogP) is 0.991. The van der Waals surface area contributed by atoms with Gasteiger partial charge in [0, 0.05) is 5.56 Å². The van der Waals surface area contributed by atoms with Crippen LogP contribution in [0.3, 0.4) is 0 Å². The molecular weight excluding hydrogens is 257 g/mol. The van der Waals surface area contributed by atoms with E-state index in [1.54, 1.807) is 0 Å². The highest BCUT2D eigenvalue weighted by molar-refractivity contribution is 9.10. The summed E-state index contributed by atoms with van der Waals surface area (Å²) in [6, 6.07) is -0.00236.